The minimum Gasteiger partial charge on any atom is -0.481 e. The Morgan fingerprint density at radius 2 is 1.90 bits per heavy atom. The van der Waals surface area contributed by atoms with Gasteiger partial charge in [-0.2, -0.15) is 0 Å². The highest BCUT2D eigenvalue weighted by molar-refractivity contribution is 5.92. The van der Waals surface area contributed by atoms with E-state index in [1.54, 1.807) is 29.9 Å². The molecule has 1 heterocycles. The molecule has 1 aromatic carbocycles. The molecule has 0 saturated heterocycles. The maximum Gasteiger partial charge on any atom is 0.308 e. The maximum atomic E-state index is 12.0. The molecule has 2 N–H and O–H groups in total. The van der Waals surface area contributed by atoms with Crippen molar-refractivity contribution >= 4 is 11.9 Å². The second-order valence-corrected chi connectivity index (χ2v) is 4.94. The van der Waals surface area contributed by atoms with Crippen molar-refractivity contribution < 1.29 is 14.7 Å². The third-order valence-corrected chi connectivity index (χ3v) is 3.36. The summed E-state index contributed by atoms with van der Waals surface area (Å²) in [5.41, 5.74) is 1.46. The molecule has 0 fully saturated rings. The zero-order chi connectivity index (χ0) is 15.2. The summed E-state index contributed by atoms with van der Waals surface area (Å²) in [6.45, 7) is 0.105. The van der Waals surface area contributed by atoms with Gasteiger partial charge in [0.2, 0.25) is 0 Å². The quantitative estimate of drug-likeness (QED) is 0.849. The Labute approximate surface area is 123 Å². The van der Waals surface area contributed by atoms with Crippen LogP contribution < -0.4 is 5.32 Å². The summed E-state index contributed by atoms with van der Waals surface area (Å²) in [4.78, 5) is 23.3. The lowest BCUT2D eigenvalue weighted by Crippen LogP contribution is -2.34. The highest BCUT2D eigenvalue weighted by Crippen LogP contribution is 2.09. The molecule has 2 rings (SSSR count). The van der Waals surface area contributed by atoms with Crippen molar-refractivity contribution in [3.8, 4) is 0 Å². The first-order chi connectivity index (χ1) is 10.1. The smallest absolute Gasteiger partial charge is 0.308 e. The third kappa shape index (κ3) is 3.95. The van der Waals surface area contributed by atoms with Crippen LogP contribution >= 0.6 is 0 Å². The van der Waals surface area contributed by atoms with Gasteiger partial charge in [-0.25, -0.2) is 0 Å². The number of aliphatic carboxylic acids is 1. The molecule has 2 aromatic rings. The van der Waals surface area contributed by atoms with Crippen molar-refractivity contribution in [2.45, 2.75) is 6.42 Å². The number of nitrogens with zero attached hydrogens (tertiary/aromatic N) is 1. The van der Waals surface area contributed by atoms with E-state index >= 15 is 0 Å². The van der Waals surface area contributed by atoms with Crippen LogP contribution in [0, 0.1) is 5.92 Å². The largest absolute Gasteiger partial charge is 0.481 e. The molecule has 0 saturated carbocycles. The summed E-state index contributed by atoms with van der Waals surface area (Å²) >= 11 is 0. The van der Waals surface area contributed by atoms with Gasteiger partial charge in [-0.05, 0) is 24.1 Å². The van der Waals surface area contributed by atoms with Crippen LogP contribution in [0.25, 0.3) is 0 Å². The number of hydrogen-bond acceptors (Lipinski definition) is 2. The number of carbonyl (C=O) groups is 2. The van der Waals surface area contributed by atoms with Gasteiger partial charge >= 0.3 is 5.97 Å². The van der Waals surface area contributed by atoms with Crippen molar-refractivity contribution in [1.29, 1.82) is 0 Å². The Hall–Kier alpha value is -2.56. The van der Waals surface area contributed by atoms with E-state index < -0.39 is 11.9 Å². The number of nitrogens with one attached hydrogen (secondary N) is 1. The van der Waals surface area contributed by atoms with E-state index in [0.717, 1.165) is 5.56 Å². The molecule has 1 atom stereocenters. The Morgan fingerprint density at radius 3 is 2.48 bits per heavy atom. The maximum absolute atomic E-state index is 12.0. The van der Waals surface area contributed by atoms with Gasteiger partial charge in [0.25, 0.3) is 5.91 Å². The third-order valence-electron chi connectivity index (χ3n) is 3.36. The highest BCUT2D eigenvalue weighted by Gasteiger charge is 2.19. The molecule has 0 spiro atoms. The lowest BCUT2D eigenvalue weighted by Gasteiger charge is -2.13. The van der Waals surface area contributed by atoms with Crippen LogP contribution in [0.3, 0.4) is 0 Å². The number of carbonyl (C=O) groups excluding carboxylic acids is 1. The normalized spacial score (nSPS) is 11.9. The SMILES string of the molecule is Cn1cccc1C(=O)NCC(Cc1ccccc1)C(=O)O. The average Bonchev–Trinajstić information content (AvgIpc) is 2.90. The van der Waals surface area contributed by atoms with Crippen molar-refractivity contribution in [3.63, 3.8) is 0 Å². The average molecular weight is 286 g/mol. The number of hydrogen-bond donors (Lipinski definition) is 2. The van der Waals surface area contributed by atoms with Gasteiger partial charge in [0.05, 0.1) is 5.92 Å². The molecule has 0 aliphatic carbocycles. The standard InChI is InChI=1S/C16H18N2O3/c1-18-9-5-8-14(18)15(19)17-11-13(16(20)21)10-12-6-3-2-4-7-12/h2-9,13H,10-11H2,1H3,(H,17,19)(H,20,21). The molecule has 0 radical (unpaired) electrons. The predicted molar refractivity (Wildman–Crippen MR) is 79.0 cm³/mol. The zero-order valence-electron chi connectivity index (χ0n) is 11.8. The van der Waals surface area contributed by atoms with E-state index in [9.17, 15) is 14.7 Å². The van der Waals surface area contributed by atoms with Crippen LogP contribution in [0.2, 0.25) is 0 Å². The Balaban J connectivity index is 1.96. The molecule has 5 heteroatoms. The Kier molecular flexibility index (Phi) is 4.77. The number of aryl methyl sites for hydroxylation is 1. The Bertz CT molecular complexity index is 619. The predicted octanol–water partition coefficient (Wildman–Crippen LogP) is 1.70. The number of rotatable bonds is 6. The summed E-state index contributed by atoms with van der Waals surface area (Å²) in [7, 11) is 1.77. The van der Waals surface area contributed by atoms with Crippen LogP contribution in [0.5, 0.6) is 0 Å². The lowest BCUT2D eigenvalue weighted by atomic mass is 9.99. The van der Waals surface area contributed by atoms with Gasteiger partial charge in [-0.1, -0.05) is 30.3 Å². The first-order valence-corrected chi connectivity index (χ1v) is 6.74. The van der Waals surface area contributed by atoms with Gasteiger partial charge in [-0.15, -0.1) is 0 Å². The van der Waals surface area contributed by atoms with Gasteiger partial charge in [0.15, 0.2) is 0 Å². The van der Waals surface area contributed by atoms with E-state index in [4.69, 9.17) is 0 Å². The minimum atomic E-state index is -0.911. The van der Waals surface area contributed by atoms with Crippen LogP contribution in [0.15, 0.2) is 48.7 Å². The number of carboxylic acid groups (broad SMARTS) is 1. The van der Waals surface area contributed by atoms with E-state index in [2.05, 4.69) is 5.32 Å². The van der Waals surface area contributed by atoms with Gasteiger partial charge in [-0.3, -0.25) is 9.59 Å². The van der Waals surface area contributed by atoms with Crippen LogP contribution in [0.1, 0.15) is 16.1 Å². The van der Waals surface area contributed by atoms with Crippen molar-refractivity contribution in [3.05, 3.63) is 59.9 Å². The summed E-state index contributed by atoms with van der Waals surface area (Å²) in [5, 5.41) is 12.0. The molecule has 1 aromatic heterocycles. The lowest BCUT2D eigenvalue weighted by molar-refractivity contribution is -0.141. The molecule has 0 bridgehead atoms. The highest BCUT2D eigenvalue weighted by atomic mass is 16.4. The van der Waals surface area contributed by atoms with Gasteiger partial charge in [0.1, 0.15) is 5.69 Å². The van der Waals surface area contributed by atoms with E-state index in [-0.39, 0.29) is 12.5 Å². The molecule has 1 amide bonds. The fourth-order valence-corrected chi connectivity index (χ4v) is 2.15. The molecular formula is C16H18N2O3. The van der Waals surface area contributed by atoms with E-state index in [0.29, 0.717) is 12.1 Å². The van der Waals surface area contributed by atoms with Gasteiger partial charge in [0, 0.05) is 19.8 Å². The molecule has 0 aliphatic heterocycles. The summed E-state index contributed by atoms with van der Waals surface area (Å²) in [6.07, 6.45) is 2.16. The van der Waals surface area contributed by atoms with E-state index in [1.165, 1.54) is 0 Å². The second-order valence-electron chi connectivity index (χ2n) is 4.94. The molecule has 21 heavy (non-hydrogen) atoms. The fourth-order valence-electron chi connectivity index (χ4n) is 2.15. The monoisotopic (exact) mass is 286 g/mol. The first kappa shape index (κ1) is 14.8. The topological polar surface area (TPSA) is 71.3 Å². The first-order valence-electron chi connectivity index (χ1n) is 6.74. The van der Waals surface area contributed by atoms with Crippen molar-refractivity contribution in [1.82, 2.24) is 9.88 Å². The van der Waals surface area contributed by atoms with Crippen LogP contribution in [0.4, 0.5) is 0 Å². The minimum absolute atomic E-state index is 0.105. The molecule has 110 valence electrons. The van der Waals surface area contributed by atoms with Crippen LogP contribution in [-0.2, 0) is 18.3 Å². The number of aromatic nitrogens is 1. The summed E-state index contributed by atoms with van der Waals surface area (Å²) in [5.74, 6) is -1.82. The van der Waals surface area contributed by atoms with Crippen LogP contribution in [-0.4, -0.2) is 28.1 Å². The molecular weight excluding hydrogens is 268 g/mol. The summed E-state index contributed by atoms with van der Waals surface area (Å²) < 4.78 is 1.70. The van der Waals surface area contributed by atoms with Crippen molar-refractivity contribution in [2.75, 3.05) is 6.54 Å². The van der Waals surface area contributed by atoms with E-state index in [1.807, 2.05) is 30.3 Å². The molecule has 0 aliphatic rings. The fraction of sp³-hybridized carbons (Fsp3) is 0.250. The molecule has 1 unspecified atom stereocenters. The van der Waals surface area contributed by atoms with Gasteiger partial charge < -0.3 is 15.0 Å². The number of benzene rings is 1. The zero-order valence-corrected chi connectivity index (χ0v) is 11.8. The Morgan fingerprint density at radius 1 is 1.19 bits per heavy atom. The summed E-state index contributed by atoms with van der Waals surface area (Å²) in [6, 6.07) is 12.9. The molecule has 5 nitrogen and oxygen atoms in total. The number of amides is 1. The number of carboxylic acids is 1. The van der Waals surface area contributed by atoms with Crippen molar-refractivity contribution in [2.24, 2.45) is 13.0 Å². The second kappa shape index (κ2) is 6.74.